The van der Waals surface area contributed by atoms with E-state index < -0.39 is 11.6 Å². The first-order chi connectivity index (χ1) is 7.77. The third-order valence-electron chi connectivity index (χ3n) is 2.87. The van der Waals surface area contributed by atoms with E-state index in [0.29, 0.717) is 12.5 Å². The topological polar surface area (TPSA) is 21.3 Å². The number of hydrogen-bond acceptors (Lipinski definition) is 2. The van der Waals surface area contributed by atoms with Gasteiger partial charge in [-0.15, -0.1) is 0 Å². The van der Waals surface area contributed by atoms with Crippen LogP contribution in [0.15, 0.2) is 18.2 Å². The van der Waals surface area contributed by atoms with Crippen LogP contribution >= 0.6 is 0 Å². The third kappa shape index (κ3) is 2.70. The summed E-state index contributed by atoms with van der Waals surface area (Å²) >= 11 is 0. The minimum atomic E-state index is -0.535. The molecule has 1 saturated heterocycles. The van der Waals surface area contributed by atoms with Crippen LogP contribution in [0.25, 0.3) is 0 Å². The number of nitrogens with one attached hydrogen (secondary N) is 1. The number of halogens is 2. The summed E-state index contributed by atoms with van der Waals surface area (Å²) in [5, 5.41) is 2.85. The van der Waals surface area contributed by atoms with Gasteiger partial charge < -0.3 is 10.1 Å². The lowest BCUT2D eigenvalue weighted by Crippen LogP contribution is -2.23. The summed E-state index contributed by atoms with van der Waals surface area (Å²) in [7, 11) is 0. The standard InChI is InChI=1S/C12H15F2NO/c13-10-2-1-3-11(14)12(10)15-8-9-4-6-16-7-5-9/h1-3,9,15H,4-8H2. The Labute approximate surface area is 93.6 Å². The van der Waals surface area contributed by atoms with E-state index in [9.17, 15) is 8.78 Å². The van der Waals surface area contributed by atoms with Gasteiger partial charge >= 0.3 is 0 Å². The van der Waals surface area contributed by atoms with E-state index in [1.807, 2.05) is 0 Å². The minimum Gasteiger partial charge on any atom is -0.381 e. The second kappa shape index (κ2) is 5.25. The Kier molecular flexibility index (Phi) is 3.72. The van der Waals surface area contributed by atoms with Gasteiger partial charge in [0.05, 0.1) is 0 Å². The fourth-order valence-corrected chi connectivity index (χ4v) is 1.86. The molecule has 1 aromatic rings. The van der Waals surface area contributed by atoms with Crippen LogP contribution < -0.4 is 5.32 Å². The molecule has 1 fully saturated rings. The maximum atomic E-state index is 13.3. The zero-order valence-electron chi connectivity index (χ0n) is 9.01. The van der Waals surface area contributed by atoms with Crippen LogP contribution in [0.5, 0.6) is 0 Å². The molecule has 16 heavy (non-hydrogen) atoms. The molecule has 88 valence electrons. The Morgan fingerprint density at radius 1 is 1.19 bits per heavy atom. The molecule has 1 N–H and O–H groups in total. The molecule has 0 bridgehead atoms. The predicted octanol–water partition coefficient (Wildman–Crippen LogP) is 2.80. The maximum absolute atomic E-state index is 13.3. The van der Waals surface area contributed by atoms with Gasteiger partial charge in [-0.1, -0.05) is 6.07 Å². The van der Waals surface area contributed by atoms with E-state index >= 15 is 0 Å². The van der Waals surface area contributed by atoms with Crippen LogP contribution in [0.1, 0.15) is 12.8 Å². The fourth-order valence-electron chi connectivity index (χ4n) is 1.86. The molecule has 2 nitrogen and oxygen atoms in total. The average molecular weight is 227 g/mol. The highest BCUT2D eigenvalue weighted by Crippen LogP contribution is 2.20. The monoisotopic (exact) mass is 227 g/mol. The number of hydrogen-bond donors (Lipinski definition) is 1. The number of rotatable bonds is 3. The molecule has 1 heterocycles. The molecule has 0 aliphatic carbocycles. The van der Waals surface area contributed by atoms with E-state index in [1.165, 1.54) is 18.2 Å². The second-order valence-corrected chi connectivity index (χ2v) is 4.03. The number of para-hydroxylation sites is 1. The molecule has 0 aromatic heterocycles. The van der Waals surface area contributed by atoms with Gasteiger partial charge in [-0.2, -0.15) is 0 Å². The molecule has 2 rings (SSSR count). The molecule has 4 heteroatoms. The van der Waals surface area contributed by atoms with Gasteiger partial charge in [0.15, 0.2) is 0 Å². The van der Waals surface area contributed by atoms with Crippen LogP contribution in [0, 0.1) is 17.6 Å². The van der Waals surface area contributed by atoms with Crippen molar-refractivity contribution in [2.75, 3.05) is 25.1 Å². The normalized spacial score (nSPS) is 17.4. The maximum Gasteiger partial charge on any atom is 0.149 e. The smallest absolute Gasteiger partial charge is 0.149 e. The first-order valence-corrected chi connectivity index (χ1v) is 5.53. The SMILES string of the molecule is Fc1cccc(F)c1NCC1CCOCC1. The Morgan fingerprint density at radius 2 is 1.81 bits per heavy atom. The van der Waals surface area contributed by atoms with Crippen molar-refractivity contribution in [2.24, 2.45) is 5.92 Å². The van der Waals surface area contributed by atoms with Gasteiger partial charge in [0.1, 0.15) is 17.3 Å². The van der Waals surface area contributed by atoms with Crippen molar-refractivity contribution >= 4 is 5.69 Å². The lowest BCUT2D eigenvalue weighted by atomic mass is 10.0. The van der Waals surface area contributed by atoms with E-state index in [-0.39, 0.29) is 5.69 Å². The molecule has 0 saturated carbocycles. The van der Waals surface area contributed by atoms with Crippen molar-refractivity contribution in [1.29, 1.82) is 0 Å². The summed E-state index contributed by atoms with van der Waals surface area (Å²) in [5.74, 6) is -0.633. The Hall–Kier alpha value is -1.16. The summed E-state index contributed by atoms with van der Waals surface area (Å²) < 4.78 is 31.8. The van der Waals surface area contributed by atoms with Crippen LogP contribution in [0.3, 0.4) is 0 Å². The van der Waals surface area contributed by atoms with Crippen molar-refractivity contribution in [3.8, 4) is 0 Å². The zero-order valence-corrected chi connectivity index (χ0v) is 9.01. The molecule has 0 spiro atoms. The highest BCUT2D eigenvalue weighted by Gasteiger charge is 2.15. The zero-order chi connectivity index (χ0) is 11.4. The molecular weight excluding hydrogens is 212 g/mol. The van der Waals surface area contributed by atoms with Crippen LogP contribution in [0.4, 0.5) is 14.5 Å². The van der Waals surface area contributed by atoms with Gasteiger partial charge in [0, 0.05) is 19.8 Å². The van der Waals surface area contributed by atoms with E-state index in [4.69, 9.17) is 4.74 Å². The largest absolute Gasteiger partial charge is 0.381 e. The number of benzene rings is 1. The third-order valence-corrected chi connectivity index (χ3v) is 2.87. The first kappa shape index (κ1) is 11.3. The molecule has 0 amide bonds. The first-order valence-electron chi connectivity index (χ1n) is 5.53. The Balaban J connectivity index is 1.93. The second-order valence-electron chi connectivity index (χ2n) is 4.03. The number of ether oxygens (including phenoxy) is 1. The van der Waals surface area contributed by atoms with Crippen LogP contribution in [-0.2, 0) is 4.74 Å². The average Bonchev–Trinajstić information content (AvgIpc) is 2.30. The highest BCUT2D eigenvalue weighted by molar-refractivity contribution is 5.45. The van der Waals surface area contributed by atoms with Gasteiger partial charge in [0.2, 0.25) is 0 Å². The fraction of sp³-hybridized carbons (Fsp3) is 0.500. The van der Waals surface area contributed by atoms with Crippen molar-refractivity contribution < 1.29 is 13.5 Å². The van der Waals surface area contributed by atoms with Crippen LogP contribution in [-0.4, -0.2) is 19.8 Å². The molecule has 0 radical (unpaired) electrons. The Bertz CT molecular complexity index is 331. The van der Waals surface area contributed by atoms with E-state index in [0.717, 1.165) is 26.1 Å². The summed E-state index contributed by atoms with van der Waals surface area (Å²) in [6, 6.07) is 3.88. The quantitative estimate of drug-likeness (QED) is 0.857. The minimum absolute atomic E-state index is 0.0195. The summed E-state index contributed by atoms with van der Waals surface area (Å²) in [6.07, 6.45) is 1.89. The van der Waals surface area contributed by atoms with Crippen molar-refractivity contribution in [3.05, 3.63) is 29.8 Å². The lowest BCUT2D eigenvalue weighted by molar-refractivity contribution is 0.0699. The van der Waals surface area contributed by atoms with Gasteiger partial charge in [-0.25, -0.2) is 8.78 Å². The summed E-state index contributed by atoms with van der Waals surface area (Å²) in [4.78, 5) is 0. The van der Waals surface area contributed by atoms with Gasteiger partial charge in [-0.3, -0.25) is 0 Å². The molecule has 1 aliphatic rings. The summed E-state index contributed by atoms with van der Waals surface area (Å²) in [6.45, 7) is 2.08. The predicted molar refractivity (Wildman–Crippen MR) is 58.4 cm³/mol. The van der Waals surface area contributed by atoms with E-state index in [1.54, 1.807) is 0 Å². The van der Waals surface area contributed by atoms with Crippen molar-refractivity contribution in [2.45, 2.75) is 12.8 Å². The van der Waals surface area contributed by atoms with Crippen molar-refractivity contribution in [3.63, 3.8) is 0 Å². The van der Waals surface area contributed by atoms with Crippen LogP contribution in [0.2, 0.25) is 0 Å². The van der Waals surface area contributed by atoms with Gasteiger partial charge in [0.25, 0.3) is 0 Å². The van der Waals surface area contributed by atoms with E-state index in [2.05, 4.69) is 5.32 Å². The molecule has 0 unspecified atom stereocenters. The lowest BCUT2D eigenvalue weighted by Gasteiger charge is -2.22. The summed E-state index contributed by atoms with van der Waals surface area (Å²) in [5.41, 5.74) is -0.0195. The Morgan fingerprint density at radius 3 is 2.44 bits per heavy atom. The highest BCUT2D eigenvalue weighted by atomic mass is 19.1. The molecule has 0 atom stereocenters. The van der Waals surface area contributed by atoms with Gasteiger partial charge in [-0.05, 0) is 30.9 Å². The number of anilines is 1. The molecular formula is C12H15F2NO. The van der Waals surface area contributed by atoms with Crippen molar-refractivity contribution in [1.82, 2.24) is 0 Å². The molecule has 1 aliphatic heterocycles. The molecule has 1 aromatic carbocycles.